The molecule has 4 rings (SSSR count). The molecule has 4 aromatic rings. The van der Waals surface area contributed by atoms with Crippen molar-refractivity contribution in [3.63, 3.8) is 0 Å². The van der Waals surface area contributed by atoms with Gasteiger partial charge in [0, 0.05) is 42.1 Å². The van der Waals surface area contributed by atoms with Crippen LogP contribution in [0.3, 0.4) is 0 Å². The number of hydrogen-bond acceptors (Lipinski definition) is 6. The second kappa shape index (κ2) is 12.4. The summed E-state index contributed by atoms with van der Waals surface area (Å²) in [6, 6.07) is 23.6. The molecule has 3 aromatic carbocycles. The number of hydrogen-bond donors (Lipinski definition) is 2. The molecular formula is C31H33N3O5. The molecule has 0 aliphatic carbocycles. The van der Waals surface area contributed by atoms with Crippen LogP contribution in [0.5, 0.6) is 5.75 Å². The summed E-state index contributed by atoms with van der Waals surface area (Å²) in [7, 11) is 0. The summed E-state index contributed by atoms with van der Waals surface area (Å²) in [5.41, 5.74) is 1.30. The number of anilines is 2. The zero-order valence-corrected chi connectivity index (χ0v) is 22.3. The standard InChI is InChI=1S/C31H33N3O5/c1-31(2,3)39-30(37)34(18-16-29(36)33-25-10-9-24-20-32-17-15-23(24)19-25)26-11-13-27(14-12-26)38-21-28(35)22-7-5-4-6-8-22/h4-15,17,19-20,28,35H,16,18,21H2,1-3H3,(H,33,36). The first kappa shape index (κ1) is 27.6. The summed E-state index contributed by atoms with van der Waals surface area (Å²) in [5, 5.41) is 15.2. The lowest BCUT2D eigenvalue weighted by Crippen LogP contribution is -2.38. The Morgan fingerprint density at radius 2 is 1.72 bits per heavy atom. The fourth-order valence-electron chi connectivity index (χ4n) is 3.91. The van der Waals surface area contributed by atoms with Gasteiger partial charge in [-0.2, -0.15) is 0 Å². The van der Waals surface area contributed by atoms with E-state index in [9.17, 15) is 14.7 Å². The van der Waals surface area contributed by atoms with E-state index >= 15 is 0 Å². The van der Waals surface area contributed by atoms with Gasteiger partial charge in [0.25, 0.3) is 0 Å². The lowest BCUT2D eigenvalue weighted by Gasteiger charge is -2.27. The number of rotatable bonds is 9. The number of pyridine rings is 1. The Morgan fingerprint density at radius 1 is 0.974 bits per heavy atom. The van der Waals surface area contributed by atoms with Crippen LogP contribution >= 0.6 is 0 Å². The summed E-state index contributed by atoms with van der Waals surface area (Å²) in [5.74, 6) is 0.314. The van der Waals surface area contributed by atoms with Crippen LogP contribution in [0.4, 0.5) is 16.2 Å². The zero-order chi connectivity index (χ0) is 27.8. The number of aliphatic hydroxyl groups excluding tert-OH is 1. The van der Waals surface area contributed by atoms with E-state index in [-0.39, 0.29) is 25.5 Å². The van der Waals surface area contributed by atoms with E-state index in [0.717, 1.165) is 16.3 Å². The predicted octanol–water partition coefficient (Wildman–Crippen LogP) is 6.12. The highest BCUT2D eigenvalue weighted by Crippen LogP contribution is 2.24. The lowest BCUT2D eigenvalue weighted by molar-refractivity contribution is -0.116. The molecule has 1 atom stereocenters. The maximum absolute atomic E-state index is 13.0. The van der Waals surface area contributed by atoms with Crippen LogP contribution in [0.25, 0.3) is 10.8 Å². The summed E-state index contributed by atoms with van der Waals surface area (Å²) in [6.07, 6.45) is 2.22. The normalized spacial score (nSPS) is 12.0. The van der Waals surface area contributed by atoms with E-state index in [0.29, 0.717) is 17.1 Å². The minimum Gasteiger partial charge on any atom is -0.491 e. The number of benzene rings is 3. The number of aliphatic hydroxyl groups is 1. The van der Waals surface area contributed by atoms with Gasteiger partial charge in [0.1, 0.15) is 24.1 Å². The highest BCUT2D eigenvalue weighted by molar-refractivity contribution is 5.95. The molecule has 8 nitrogen and oxygen atoms in total. The summed E-state index contributed by atoms with van der Waals surface area (Å²) in [4.78, 5) is 31.3. The minimum atomic E-state index is -0.762. The Kier molecular flexibility index (Phi) is 8.78. The number of ether oxygens (including phenoxy) is 2. The van der Waals surface area contributed by atoms with Gasteiger partial charge in [0.15, 0.2) is 0 Å². The van der Waals surface area contributed by atoms with E-state index in [4.69, 9.17) is 9.47 Å². The molecule has 0 saturated carbocycles. The van der Waals surface area contributed by atoms with Gasteiger partial charge in [-0.1, -0.05) is 36.4 Å². The Morgan fingerprint density at radius 3 is 2.44 bits per heavy atom. The molecule has 2 N–H and O–H groups in total. The summed E-state index contributed by atoms with van der Waals surface area (Å²) in [6.45, 7) is 5.58. The number of amides is 2. The molecule has 2 amide bonds. The Labute approximate surface area is 228 Å². The lowest BCUT2D eigenvalue weighted by atomic mass is 10.1. The van der Waals surface area contributed by atoms with Crippen molar-refractivity contribution in [2.75, 3.05) is 23.4 Å². The van der Waals surface area contributed by atoms with E-state index in [2.05, 4.69) is 10.3 Å². The first-order valence-electron chi connectivity index (χ1n) is 12.8. The van der Waals surface area contributed by atoms with Crippen molar-refractivity contribution in [1.82, 2.24) is 4.98 Å². The van der Waals surface area contributed by atoms with Crippen molar-refractivity contribution < 1.29 is 24.2 Å². The second-order valence-electron chi connectivity index (χ2n) is 10.1. The largest absolute Gasteiger partial charge is 0.491 e. The number of carbonyl (C=O) groups excluding carboxylic acids is 2. The van der Waals surface area contributed by atoms with Crippen LogP contribution in [0.15, 0.2) is 91.3 Å². The van der Waals surface area contributed by atoms with Crippen LogP contribution in [0, 0.1) is 0 Å². The van der Waals surface area contributed by atoms with Crippen molar-refractivity contribution in [1.29, 1.82) is 0 Å². The van der Waals surface area contributed by atoms with Gasteiger partial charge in [-0.3, -0.25) is 14.7 Å². The number of fused-ring (bicyclic) bond motifs is 1. The van der Waals surface area contributed by atoms with Gasteiger partial charge in [-0.15, -0.1) is 0 Å². The van der Waals surface area contributed by atoms with Crippen LogP contribution in [-0.4, -0.2) is 40.8 Å². The van der Waals surface area contributed by atoms with E-state index in [1.807, 2.05) is 54.6 Å². The topological polar surface area (TPSA) is 101 Å². The quantitative estimate of drug-likeness (QED) is 0.272. The minimum absolute atomic E-state index is 0.0646. The number of carbonyl (C=O) groups is 2. The highest BCUT2D eigenvalue weighted by Gasteiger charge is 2.24. The molecular weight excluding hydrogens is 494 g/mol. The SMILES string of the molecule is CC(C)(C)OC(=O)N(CCC(=O)Nc1ccc2cnccc2c1)c1ccc(OCC(O)c2ccccc2)cc1. The molecule has 1 heterocycles. The van der Waals surface area contributed by atoms with Crippen molar-refractivity contribution in [3.05, 3.63) is 96.8 Å². The zero-order valence-electron chi connectivity index (χ0n) is 22.3. The Hall–Kier alpha value is -4.43. The third kappa shape index (κ3) is 8.02. The third-order valence-electron chi connectivity index (χ3n) is 5.84. The molecule has 0 bridgehead atoms. The summed E-state index contributed by atoms with van der Waals surface area (Å²) >= 11 is 0. The van der Waals surface area contributed by atoms with Crippen molar-refractivity contribution in [2.45, 2.75) is 38.9 Å². The van der Waals surface area contributed by atoms with Crippen LogP contribution in [0.2, 0.25) is 0 Å². The molecule has 202 valence electrons. The Balaban J connectivity index is 1.40. The molecule has 0 fully saturated rings. The smallest absolute Gasteiger partial charge is 0.414 e. The van der Waals surface area contributed by atoms with E-state index < -0.39 is 17.8 Å². The average molecular weight is 528 g/mol. The van der Waals surface area contributed by atoms with Gasteiger partial charge in [-0.05, 0) is 74.2 Å². The molecule has 0 saturated heterocycles. The summed E-state index contributed by atoms with van der Waals surface area (Å²) < 4.78 is 11.3. The molecule has 39 heavy (non-hydrogen) atoms. The second-order valence-corrected chi connectivity index (χ2v) is 10.1. The number of nitrogens with one attached hydrogen (secondary N) is 1. The maximum Gasteiger partial charge on any atom is 0.414 e. The first-order chi connectivity index (χ1) is 18.7. The van der Waals surface area contributed by atoms with Crippen LogP contribution in [-0.2, 0) is 9.53 Å². The van der Waals surface area contributed by atoms with Crippen LogP contribution in [0.1, 0.15) is 38.9 Å². The average Bonchev–Trinajstić information content (AvgIpc) is 2.92. The van der Waals surface area contributed by atoms with E-state index in [1.165, 1.54) is 4.90 Å². The fraction of sp³-hybridized carbons (Fsp3) is 0.258. The first-order valence-corrected chi connectivity index (χ1v) is 12.8. The van der Waals surface area contributed by atoms with Gasteiger partial charge in [0.05, 0.1) is 0 Å². The fourth-order valence-corrected chi connectivity index (χ4v) is 3.91. The van der Waals surface area contributed by atoms with Crippen molar-refractivity contribution in [2.24, 2.45) is 0 Å². The third-order valence-corrected chi connectivity index (χ3v) is 5.84. The van der Waals surface area contributed by atoms with Gasteiger partial charge in [-0.25, -0.2) is 4.79 Å². The van der Waals surface area contributed by atoms with Gasteiger partial charge >= 0.3 is 6.09 Å². The molecule has 0 aliphatic rings. The van der Waals surface area contributed by atoms with Gasteiger partial charge in [0.2, 0.25) is 5.91 Å². The number of aromatic nitrogens is 1. The van der Waals surface area contributed by atoms with E-state index in [1.54, 1.807) is 57.4 Å². The monoisotopic (exact) mass is 527 g/mol. The number of nitrogens with zero attached hydrogens (tertiary/aromatic N) is 2. The maximum atomic E-state index is 13.0. The van der Waals surface area contributed by atoms with Crippen molar-refractivity contribution in [3.8, 4) is 5.75 Å². The molecule has 0 aliphatic heterocycles. The Bertz CT molecular complexity index is 1400. The molecule has 8 heteroatoms. The van der Waals surface area contributed by atoms with Gasteiger partial charge < -0.3 is 19.9 Å². The van der Waals surface area contributed by atoms with Crippen molar-refractivity contribution >= 4 is 34.1 Å². The molecule has 1 aromatic heterocycles. The van der Waals surface area contributed by atoms with Crippen LogP contribution < -0.4 is 15.0 Å². The highest BCUT2D eigenvalue weighted by atomic mass is 16.6. The molecule has 1 unspecified atom stereocenters. The molecule has 0 spiro atoms. The molecule has 0 radical (unpaired) electrons. The predicted molar refractivity (Wildman–Crippen MR) is 152 cm³/mol.